The molecular formula is C23H41NO5Si2. The minimum absolute atomic E-state index is 0.0192. The third-order valence-electron chi connectivity index (χ3n) is 5.21. The van der Waals surface area contributed by atoms with Crippen molar-refractivity contribution in [3.05, 3.63) is 30.3 Å². The van der Waals surface area contributed by atoms with E-state index in [1.807, 2.05) is 44.2 Å². The first kappa shape index (κ1) is 26.5. The molecule has 1 heterocycles. The van der Waals surface area contributed by atoms with Gasteiger partial charge in [-0.1, -0.05) is 24.2 Å². The third-order valence-corrected chi connectivity index (χ3v) is 9.51. The smallest absolute Gasteiger partial charge is 0.335 e. The highest BCUT2D eigenvalue weighted by molar-refractivity contribution is 6.66. The van der Waals surface area contributed by atoms with E-state index in [-0.39, 0.29) is 12.0 Å². The SMILES string of the molecule is CCOC(OCC)[Si]CCCN1CCC[Si](C)(OCC)OC(COc2ccccc2)C1. The second-order valence-corrected chi connectivity index (χ2v) is 12.6. The molecule has 1 aliphatic heterocycles. The molecule has 0 bridgehead atoms. The molecule has 1 aromatic rings. The Morgan fingerprint density at radius 2 is 1.87 bits per heavy atom. The standard InChI is InChI=1S/C23H41NO5Si2/c1-5-25-23(26-6-2)30-17-11-15-24-16-12-18-31(4,28-7-3)29-22(19-24)20-27-21-13-9-8-10-14-21/h8-10,13-14,22-23H,5-7,11-12,15-20H2,1-4H3. The predicted octanol–water partition coefficient (Wildman–Crippen LogP) is 4.13. The first-order valence-corrected chi connectivity index (χ1v) is 15.6. The lowest BCUT2D eigenvalue weighted by Crippen LogP contribution is -2.50. The summed E-state index contributed by atoms with van der Waals surface area (Å²) < 4.78 is 30.1. The molecule has 1 aliphatic rings. The summed E-state index contributed by atoms with van der Waals surface area (Å²) in [5.41, 5.74) is 0. The minimum atomic E-state index is -2.16. The fourth-order valence-electron chi connectivity index (χ4n) is 3.85. The number of hydrogen-bond acceptors (Lipinski definition) is 6. The molecule has 1 fully saturated rings. The van der Waals surface area contributed by atoms with Crippen molar-refractivity contribution >= 4 is 18.1 Å². The van der Waals surface area contributed by atoms with Crippen LogP contribution < -0.4 is 4.74 Å². The van der Waals surface area contributed by atoms with Crippen molar-refractivity contribution in [2.45, 2.75) is 64.3 Å². The normalized spacial score (nSPS) is 22.9. The van der Waals surface area contributed by atoms with Crippen LogP contribution in [0.2, 0.25) is 18.6 Å². The van der Waals surface area contributed by atoms with Gasteiger partial charge in [0.15, 0.2) is 0 Å². The van der Waals surface area contributed by atoms with Crippen molar-refractivity contribution in [2.24, 2.45) is 0 Å². The van der Waals surface area contributed by atoms with Crippen LogP contribution in [0.5, 0.6) is 5.75 Å². The van der Waals surface area contributed by atoms with E-state index in [1.54, 1.807) is 0 Å². The quantitative estimate of drug-likeness (QED) is 0.233. The Labute approximate surface area is 192 Å². The summed E-state index contributed by atoms with van der Waals surface area (Å²) in [6, 6.07) is 12.1. The largest absolute Gasteiger partial charge is 0.491 e. The summed E-state index contributed by atoms with van der Waals surface area (Å²) in [5.74, 6) is 0.842. The number of ether oxygens (including phenoxy) is 3. The summed E-state index contributed by atoms with van der Waals surface area (Å²) in [4.78, 5) is 2.53. The van der Waals surface area contributed by atoms with Crippen LogP contribution in [0.15, 0.2) is 30.3 Å². The molecule has 0 amide bonds. The van der Waals surface area contributed by atoms with E-state index in [4.69, 9.17) is 23.1 Å². The predicted molar refractivity (Wildman–Crippen MR) is 128 cm³/mol. The Morgan fingerprint density at radius 3 is 2.55 bits per heavy atom. The Bertz CT molecular complexity index is 576. The van der Waals surface area contributed by atoms with Gasteiger partial charge < -0.3 is 28.0 Å². The summed E-state index contributed by atoms with van der Waals surface area (Å²) in [5, 5.41) is 0. The Kier molecular flexibility index (Phi) is 13.0. The number of benzene rings is 1. The maximum absolute atomic E-state index is 6.59. The highest BCUT2D eigenvalue weighted by Gasteiger charge is 2.36. The molecule has 1 saturated heterocycles. The van der Waals surface area contributed by atoms with E-state index >= 15 is 0 Å². The zero-order valence-corrected chi connectivity index (χ0v) is 21.8. The summed E-state index contributed by atoms with van der Waals surface area (Å²) >= 11 is 0. The van der Waals surface area contributed by atoms with Crippen LogP contribution in [0, 0.1) is 0 Å². The monoisotopic (exact) mass is 467 g/mol. The average Bonchev–Trinajstić information content (AvgIpc) is 2.74. The van der Waals surface area contributed by atoms with Gasteiger partial charge in [0.2, 0.25) is 0 Å². The van der Waals surface area contributed by atoms with E-state index in [0.717, 1.165) is 50.3 Å². The highest BCUT2D eigenvalue weighted by atomic mass is 28.4. The maximum Gasteiger partial charge on any atom is 0.335 e. The number of hydrogen-bond donors (Lipinski definition) is 0. The zero-order chi connectivity index (χ0) is 22.4. The summed E-state index contributed by atoms with van der Waals surface area (Å²) in [6.07, 6.45) is 2.28. The van der Waals surface area contributed by atoms with Gasteiger partial charge in [-0.05, 0) is 71.4 Å². The van der Waals surface area contributed by atoms with E-state index < -0.39 is 8.56 Å². The van der Waals surface area contributed by atoms with Crippen LogP contribution in [0.3, 0.4) is 0 Å². The van der Waals surface area contributed by atoms with Gasteiger partial charge in [-0.2, -0.15) is 0 Å². The lowest BCUT2D eigenvalue weighted by atomic mass is 10.3. The van der Waals surface area contributed by atoms with Crippen molar-refractivity contribution in [2.75, 3.05) is 46.1 Å². The zero-order valence-electron chi connectivity index (χ0n) is 19.8. The number of rotatable bonds is 14. The average molecular weight is 468 g/mol. The Hall–Kier alpha value is -0.746. The topological polar surface area (TPSA) is 49.4 Å². The molecule has 2 atom stereocenters. The van der Waals surface area contributed by atoms with Crippen LogP contribution in [-0.4, -0.2) is 81.1 Å². The van der Waals surface area contributed by atoms with Crippen molar-refractivity contribution < 1.29 is 23.1 Å². The highest BCUT2D eigenvalue weighted by Crippen LogP contribution is 2.23. The lowest BCUT2D eigenvalue weighted by Gasteiger charge is -2.37. The fraction of sp³-hybridized carbons (Fsp3) is 0.739. The van der Waals surface area contributed by atoms with Crippen LogP contribution in [0.1, 0.15) is 33.6 Å². The number of para-hydroxylation sites is 1. The lowest BCUT2D eigenvalue weighted by molar-refractivity contribution is -0.0828. The van der Waals surface area contributed by atoms with Crippen molar-refractivity contribution in [3.63, 3.8) is 0 Å². The van der Waals surface area contributed by atoms with Gasteiger partial charge in [0.25, 0.3) is 0 Å². The molecule has 176 valence electrons. The van der Waals surface area contributed by atoms with Crippen molar-refractivity contribution in [1.82, 2.24) is 4.90 Å². The third kappa shape index (κ3) is 10.6. The molecule has 6 nitrogen and oxygen atoms in total. The number of nitrogens with zero attached hydrogens (tertiary/aromatic N) is 1. The van der Waals surface area contributed by atoms with Gasteiger partial charge in [0, 0.05) is 26.4 Å². The molecule has 2 rings (SSSR count). The molecule has 8 heteroatoms. The molecule has 0 aliphatic carbocycles. The molecule has 0 spiro atoms. The van der Waals surface area contributed by atoms with Crippen molar-refractivity contribution in [1.29, 1.82) is 0 Å². The summed E-state index contributed by atoms with van der Waals surface area (Å²) in [6.45, 7) is 14.0. The van der Waals surface area contributed by atoms with Crippen molar-refractivity contribution in [3.8, 4) is 5.75 Å². The molecular weight excluding hydrogens is 426 g/mol. The molecule has 0 aromatic heterocycles. The molecule has 0 saturated carbocycles. The van der Waals surface area contributed by atoms with Crippen LogP contribution >= 0.6 is 0 Å². The van der Waals surface area contributed by atoms with Crippen LogP contribution in [-0.2, 0) is 18.3 Å². The second-order valence-electron chi connectivity index (χ2n) is 7.89. The first-order chi connectivity index (χ1) is 15.1. The maximum atomic E-state index is 6.59. The fourth-order valence-corrected chi connectivity index (χ4v) is 7.61. The second kappa shape index (κ2) is 15.2. The van der Waals surface area contributed by atoms with Gasteiger partial charge in [-0.15, -0.1) is 0 Å². The van der Waals surface area contributed by atoms with Crippen LogP contribution in [0.4, 0.5) is 0 Å². The van der Waals surface area contributed by atoms with E-state index in [0.29, 0.717) is 35.9 Å². The van der Waals surface area contributed by atoms with Crippen LogP contribution in [0.25, 0.3) is 0 Å². The molecule has 31 heavy (non-hydrogen) atoms. The molecule has 0 N–H and O–H groups in total. The minimum Gasteiger partial charge on any atom is -0.491 e. The molecule has 2 radical (unpaired) electrons. The Balaban J connectivity index is 1.87. The first-order valence-electron chi connectivity index (χ1n) is 11.8. The van der Waals surface area contributed by atoms with E-state index in [2.05, 4.69) is 18.4 Å². The van der Waals surface area contributed by atoms with E-state index in [9.17, 15) is 0 Å². The van der Waals surface area contributed by atoms with Gasteiger partial charge in [-0.25, -0.2) is 0 Å². The van der Waals surface area contributed by atoms with Gasteiger partial charge in [0.1, 0.15) is 27.8 Å². The van der Waals surface area contributed by atoms with E-state index in [1.165, 1.54) is 0 Å². The van der Waals surface area contributed by atoms with Gasteiger partial charge in [0.05, 0.1) is 6.10 Å². The Morgan fingerprint density at radius 1 is 1.13 bits per heavy atom. The summed E-state index contributed by atoms with van der Waals surface area (Å²) in [7, 11) is -1.48. The molecule has 1 aromatic carbocycles. The van der Waals surface area contributed by atoms with Gasteiger partial charge in [-0.3, -0.25) is 0 Å². The van der Waals surface area contributed by atoms with Gasteiger partial charge >= 0.3 is 8.56 Å². The molecule has 2 unspecified atom stereocenters.